The maximum Gasteiger partial charge on any atom is 0.160 e. The van der Waals surface area contributed by atoms with Crippen LogP contribution in [0.4, 0.5) is 0 Å². The molecule has 0 radical (unpaired) electrons. The minimum Gasteiger partial charge on any atom is -0.493 e. The van der Waals surface area contributed by atoms with Crippen LogP contribution < -0.4 is 14.2 Å². The third-order valence-electron chi connectivity index (χ3n) is 3.45. The highest BCUT2D eigenvalue weighted by Gasteiger charge is 2.07. The normalized spacial score (nSPS) is 19.5. The second-order valence-electron chi connectivity index (χ2n) is 5.42. The molecule has 2 aromatic rings. The molecule has 0 aliphatic heterocycles. The van der Waals surface area contributed by atoms with E-state index in [1.807, 2.05) is 13.0 Å². The number of hydrogen-bond acceptors (Lipinski definition) is 4. The first-order chi connectivity index (χ1) is 15.0. The zero-order valence-electron chi connectivity index (χ0n) is 22.3. The molecule has 4 heteroatoms. The Morgan fingerprint density at radius 2 is 2.08 bits per heavy atom. The summed E-state index contributed by atoms with van der Waals surface area (Å²) in [7, 11) is -1.40. The third-order valence-corrected chi connectivity index (χ3v) is 3.45. The number of aliphatic hydroxyl groups is 1. The van der Waals surface area contributed by atoms with Crippen molar-refractivity contribution < 1.29 is 30.3 Å². The van der Waals surface area contributed by atoms with Gasteiger partial charge in [0, 0.05) is 5.48 Å². The number of rotatable bonds is 10. The first-order valence-corrected chi connectivity index (χ1v) is 7.81. The molecule has 0 heterocycles. The minimum atomic E-state index is -2.73. The Balaban J connectivity index is 2.13. The summed E-state index contributed by atoms with van der Waals surface area (Å²) in [6, 6.07) is 11.1. The molecule has 0 bridgehead atoms. The average Bonchev–Trinajstić information content (AvgIpc) is 2.64. The van der Waals surface area contributed by atoms with Gasteiger partial charge in [0.05, 0.1) is 25.7 Å². The summed E-state index contributed by atoms with van der Waals surface area (Å²) < 4.78 is 78.1. The molecule has 2 aromatic carbocycles. The van der Waals surface area contributed by atoms with E-state index in [4.69, 9.17) is 25.2 Å². The van der Waals surface area contributed by atoms with E-state index in [9.17, 15) is 5.11 Å². The van der Waals surface area contributed by atoms with E-state index < -0.39 is 38.9 Å². The van der Waals surface area contributed by atoms with Gasteiger partial charge in [-0.05, 0) is 61.5 Å². The largest absolute Gasteiger partial charge is 0.493 e. The van der Waals surface area contributed by atoms with Gasteiger partial charge in [0.25, 0.3) is 0 Å². The second-order valence-corrected chi connectivity index (χ2v) is 5.42. The van der Waals surface area contributed by atoms with Crippen molar-refractivity contribution in [3.05, 3.63) is 53.6 Å². The van der Waals surface area contributed by atoms with E-state index in [1.165, 1.54) is 25.3 Å². The molecular formula is C21H28O4. The lowest BCUT2D eigenvalue weighted by Gasteiger charge is -2.13. The summed E-state index contributed by atoms with van der Waals surface area (Å²) in [6.45, 7) is 1.14. The van der Waals surface area contributed by atoms with Gasteiger partial charge in [-0.25, -0.2) is 0 Å². The number of methoxy groups -OCH3 is 2. The summed E-state index contributed by atoms with van der Waals surface area (Å²) in [4.78, 5) is 0. The molecule has 1 unspecified atom stereocenters. The molecule has 136 valence electrons. The summed E-state index contributed by atoms with van der Waals surface area (Å²) >= 11 is 0. The van der Waals surface area contributed by atoms with E-state index in [-0.39, 0.29) is 17.9 Å². The van der Waals surface area contributed by atoms with Crippen LogP contribution in [0.5, 0.6) is 17.2 Å². The van der Waals surface area contributed by atoms with E-state index in [1.54, 1.807) is 18.2 Å². The molecule has 0 aliphatic carbocycles. The fourth-order valence-electron chi connectivity index (χ4n) is 2.19. The van der Waals surface area contributed by atoms with Crippen LogP contribution in [0.3, 0.4) is 0 Å². The van der Waals surface area contributed by atoms with Gasteiger partial charge in [-0.1, -0.05) is 24.6 Å². The Labute approximate surface area is 161 Å². The van der Waals surface area contributed by atoms with Crippen molar-refractivity contribution in [1.82, 2.24) is 0 Å². The first kappa shape index (κ1) is 10.7. The van der Waals surface area contributed by atoms with Gasteiger partial charge in [0.2, 0.25) is 0 Å². The molecule has 2 rings (SSSR count). The topological polar surface area (TPSA) is 47.9 Å². The van der Waals surface area contributed by atoms with Crippen LogP contribution >= 0.6 is 0 Å². The third kappa shape index (κ3) is 6.31. The standard InChI is InChI=1S/C21H28O4/c1-16-7-6-10-19(13-16)25-15-18(22)9-5-4-8-17-11-12-20(23-2)21(14-17)24-3/h6-7,10-14,18,22H,4-5,8-9,15H2,1-3H3/i3D3,4D2,9D2,18D. The average molecular weight is 352 g/mol. The Bertz CT molecular complexity index is 944. The highest BCUT2D eigenvalue weighted by molar-refractivity contribution is 5.42. The molecule has 4 nitrogen and oxygen atoms in total. The molecule has 0 aromatic heterocycles. The zero-order valence-corrected chi connectivity index (χ0v) is 14.3. The van der Waals surface area contributed by atoms with Crippen molar-refractivity contribution in [3.8, 4) is 17.2 Å². The van der Waals surface area contributed by atoms with Gasteiger partial charge < -0.3 is 19.3 Å². The van der Waals surface area contributed by atoms with Crippen molar-refractivity contribution in [2.24, 2.45) is 0 Å². The summed E-state index contributed by atoms with van der Waals surface area (Å²) in [6.07, 6.45) is -8.70. The maximum absolute atomic E-state index is 10.4. The Kier molecular flexibility index (Phi) is 4.26. The molecular weight excluding hydrogens is 316 g/mol. The first-order valence-electron chi connectivity index (χ1n) is 11.8. The van der Waals surface area contributed by atoms with Gasteiger partial charge >= 0.3 is 0 Å². The lowest BCUT2D eigenvalue weighted by Crippen LogP contribution is -2.17. The van der Waals surface area contributed by atoms with Crippen LogP contribution in [-0.4, -0.2) is 31.9 Å². The molecule has 1 atom stereocenters. The van der Waals surface area contributed by atoms with Gasteiger partial charge in [-0.2, -0.15) is 0 Å². The monoisotopic (exact) mass is 352 g/mol. The van der Waals surface area contributed by atoms with Crippen molar-refractivity contribution in [2.75, 3.05) is 20.8 Å². The molecule has 0 amide bonds. The van der Waals surface area contributed by atoms with Crippen LogP contribution in [0.25, 0.3) is 0 Å². The molecule has 1 N–H and O–H groups in total. The van der Waals surface area contributed by atoms with Crippen LogP contribution in [0.15, 0.2) is 42.5 Å². The number of ether oxygens (including phenoxy) is 3. The Morgan fingerprint density at radius 3 is 2.84 bits per heavy atom. The highest BCUT2D eigenvalue weighted by atomic mass is 16.5. The lowest BCUT2D eigenvalue weighted by molar-refractivity contribution is 0.0976. The van der Waals surface area contributed by atoms with Gasteiger partial charge in [0.15, 0.2) is 11.5 Å². The molecule has 0 saturated heterocycles. The van der Waals surface area contributed by atoms with E-state index in [0.29, 0.717) is 11.3 Å². The molecule has 0 fully saturated rings. The minimum absolute atomic E-state index is 0.0997. The van der Waals surface area contributed by atoms with Crippen molar-refractivity contribution in [1.29, 1.82) is 0 Å². The number of hydrogen-bond donors (Lipinski definition) is 1. The predicted molar refractivity (Wildman–Crippen MR) is 99.8 cm³/mol. The van der Waals surface area contributed by atoms with Crippen molar-refractivity contribution in [3.63, 3.8) is 0 Å². The smallest absolute Gasteiger partial charge is 0.160 e. The van der Waals surface area contributed by atoms with Gasteiger partial charge in [-0.15, -0.1) is 0 Å². The zero-order chi connectivity index (χ0) is 25.1. The van der Waals surface area contributed by atoms with Crippen LogP contribution in [0.2, 0.25) is 0 Å². The summed E-state index contributed by atoms with van der Waals surface area (Å²) in [5.74, 6) is 0.413. The lowest BCUT2D eigenvalue weighted by atomic mass is 10.0. The van der Waals surface area contributed by atoms with E-state index >= 15 is 0 Å². The predicted octanol–water partition coefficient (Wildman–Crippen LogP) is 4.16. The van der Waals surface area contributed by atoms with Crippen LogP contribution in [0.1, 0.15) is 41.3 Å². The second kappa shape index (κ2) is 9.94. The SMILES string of the molecule is [2H]C([2H])(Cc1ccc(OC)c(OC([2H])([2H])[2H])c1)CC([2H])([2H])C([2H])(O)COc1cccc(C)c1. The summed E-state index contributed by atoms with van der Waals surface area (Å²) in [5.41, 5.74) is 1.22. The molecule has 25 heavy (non-hydrogen) atoms. The quantitative estimate of drug-likeness (QED) is 0.697. The van der Waals surface area contributed by atoms with Gasteiger partial charge in [-0.3, -0.25) is 0 Å². The highest BCUT2D eigenvalue weighted by Crippen LogP contribution is 2.28. The van der Waals surface area contributed by atoms with E-state index in [2.05, 4.69) is 0 Å². The fourth-order valence-corrected chi connectivity index (χ4v) is 2.19. The van der Waals surface area contributed by atoms with Crippen LogP contribution in [-0.2, 0) is 6.42 Å². The molecule has 0 saturated carbocycles. The van der Waals surface area contributed by atoms with Crippen molar-refractivity contribution in [2.45, 2.75) is 38.6 Å². The fraction of sp³-hybridized carbons (Fsp3) is 0.429. The molecule has 0 spiro atoms. The van der Waals surface area contributed by atoms with Gasteiger partial charge in [0.1, 0.15) is 12.4 Å². The number of aryl methyl sites for hydroxylation is 2. The van der Waals surface area contributed by atoms with Crippen molar-refractivity contribution >= 4 is 0 Å². The number of benzene rings is 2. The van der Waals surface area contributed by atoms with E-state index in [0.717, 1.165) is 5.56 Å². The Hall–Kier alpha value is -2.20. The molecule has 0 aliphatic rings. The summed E-state index contributed by atoms with van der Waals surface area (Å²) in [5, 5.41) is 10.4. The maximum atomic E-state index is 10.4. The van der Waals surface area contributed by atoms with Crippen LogP contribution in [0, 0.1) is 6.92 Å². The Morgan fingerprint density at radius 1 is 1.20 bits per heavy atom.